The summed E-state index contributed by atoms with van der Waals surface area (Å²) >= 11 is 0. The predicted octanol–water partition coefficient (Wildman–Crippen LogP) is 6.95. The van der Waals surface area contributed by atoms with Gasteiger partial charge in [0.25, 0.3) is 0 Å². The van der Waals surface area contributed by atoms with Crippen LogP contribution in [-0.2, 0) is 11.3 Å². The minimum atomic E-state index is -1.24. The zero-order valence-electron chi connectivity index (χ0n) is 19.7. The summed E-state index contributed by atoms with van der Waals surface area (Å²) < 4.78 is 29.5. The quantitative estimate of drug-likeness (QED) is 0.291. The van der Waals surface area contributed by atoms with Crippen molar-refractivity contribution in [3.8, 4) is 0 Å². The number of aryl methyl sites for hydroxylation is 1. The summed E-state index contributed by atoms with van der Waals surface area (Å²) in [6.45, 7) is 6.96. The van der Waals surface area contributed by atoms with Crippen molar-refractivity contribution >= 4 is 34.3 Å². The van der Waals surface area contributed by atoms with E-state index < -0.39 is 17.6 Å². The molecule has 3 rings (SSSR count). The molecule has 0 aliphatic rings. The number of hydrogen-bond acceptors (Lipinski definition) is 2. The number of ketones is 1. The van der Waals surface area contributed by atoms with E-state index >= 15 is 0 Å². The fourth-order valence-corrected chi connectivity index (χ4v) is 4.13. The Morgan fingerprint density at radius 1 is 1.15 bits per heavy atom. The Balaban J connectivity index is 2.47. The molecule has 0 saturated carbocycles. The number of carbonyl (C=O) groups is 2. The normalized spacial score (nSPS) is 12.4. The molecular weight excluding hydrogens is 436 g/mol. The zero-order valence-corrected chi connectivity index (χ0v) is 19.7. The van der Waals surface area contributed by atoms with Crippen molar-refractivity contribution in [2.24, 2.45) is 0 Å². The summed E-state index contributed by atoms with van der Waals surface area (Å²) in [7, 11) is 0. The van der Waals surface area contributed by atoms with Gasteiger partial charge in [0.1, 0.15) is 17.3 Å². The molecule has 0 fully saturated rings. The Morgan fingerprint density at radius 2 is 1.88 bits per heavy atom. The standard InChI is InChI=1S/C28H27F2NO3/c1-5-7-8-10-22(18(4)32)26-25-17(3)19(9-6-2)12-14-24(25)31(27(26)28(33)34)16-20-11-13-21(29)15-23(20)30/h6-15H,5,16H2,1-4H3,(H,33,34)/b8-7-,9-6-,22-10+. The number of allylic oxidation sites excluding steroid dienone is 5. The molecule has 0 saturated heterocycles. The molecule has 0 aliphatic carbocycles. The fourth-order valence-electron chi connectivity index (χ4n) is 4.13. The molecule has 1 N–H and O–H groups in total. The average molecular weight is 464 g/mol. The molecule has 0 spiro atoms. The smallest absolute Gasteiger partial charge is 0.353 e. The van der Waals surface area contributed by atoms with Gasteiger partial charge >= 0.3 is 5.97 Å². The van der Waals surface area contributed by atoms with E-state index in [0.29, 0.717) is 16.5 Å². The molecule has 1 aromatic heterocycles. The van der Waals surface area contributed by atoms with E-state index in [2.05, 4.69) is 0 Å². The molecule has 176 valence electrons. The van der Waals surface area contributed by atoms with Crippen LogP contribution < -0.4 is 0 Å². The van der Waals surface area contributed by atoms with Crippen molar-refractivity contribution in [1.82, 2.24) is 4.57 Å². The summed E-state index contributed by atoms with van der Waals surface area (Å²) in [5.41, 5.74) is 2.80. The van der Waals surface area contributed by atoms with Gasteiger partial charge in [0.15, 0.2) is 5.78 Å². The van der Waals surface area contributed by atoms with Gasteiger partial charge in [0.2, 0.25) is 0 Å². The van der Waals surface area contributed by atoms with E-state index in [-0.39, 0.29) is 29.2 Å². The van der Waals surface area contributed by atoms with Gasteiger partial charge in [-0.15, -0.1) is 0 Å². The Kier molecular flexibility index (Phi) is 7.61. The topological polar surface area (TPSA) is 59.3 Å². The van der Waals surface area contributed by atoms with Crippen LogP contribution in [0.25, 0.3) is 22.6 Å². The van der Waals surface area contributed by atoms with Crippen molar-refractivity contribution < 1.29 is 23.5 Å². The molecule has 6 heteroatoms. The first-order valence-corrected chi connectivity index (χ1v) is 11.0. The molecule has 34 heavy (non-hydrogen) atoms. The van der Waals surface area contributed by atoms with Gasteiger partial charge < -0.3 is 9.67 Å². The molecule has 0 radical (unpaired) electrons. The second-order valence-corrected chi connectivity index (χ2v) is 8.00. The lowest BCUT2D eigenvalue weighted by Gasteiger charge is -2.11. The maximum absolute atomic E-state index is 14.5. The van der Waals surface area contributed by atoms with Crippen LogP contribution in [-0.4, -0.2) is 21.4 Å². The van der Waals surface area contributed by atoms with Crippen molar-refractivity contribution in [2.45, 2.75) is 40.7 Å². The number of carbonyl (C=O) groups excluding carboxylic acids is 1. The van der Waals surface area contributed by atoms with Gasteiger partial charge in [0, 0.05) is 33.7 Å². The Labute approximate surface area is 197 Å². The fraction of sp³-hybridized carbons (Fsp3) is 0.214. The third-order valence-electron chi connectivity index (χ3n) is 5.71. The Bertz CT molecular complexity index is 1360. The van der Waals surface area contributed by atoms with Gasteiger partial charge in [-0.3, -0.25) is 4.79 Å². The van der Waals surface area contributed by atoms with Crippen molar-refractivity contribution in [3.05, 3.63) is 94.2 Å². The minimum absolute atomic E-state index is 0.120. The van der Waals surface area contributed by atoms with E-state index in [0.717, 1.165) is 29.7 Å². The number of carboxylic acids is 1. The predicted molar refractivity (Wildman–Crippen MR) is 132 cm³/mol. The SMILES string of the molecule is C/C=C\c1ccc2c(c1C)c(/C(=C/C=C\CC)C(C)=O)c(C(=O)O)n2Cc1ccc(F)cc1F. The van der Waals surface area contributed by atoms with E-state index in [4.69, 9.17) is 0 Å². The summed E-state index contributed by atoms with van der Waals surface area (Å²) in [4.78, 5) is 25.3. The lowest BCUT2D eigenvalue weighted by atomic mass is 9.93. The number of carboxylic acid groups (broad SMARTS) is 1. The minimum Gasteiger partial charge on any atom is -0.477 e. The van der Waals surface area contributed by atoms with Gasteiger partial charge in [-0.05, 0) is 50.5 Å². The lowest BCUT2D eigenvalue weighted by molar-refractivity contribution is -0.111. The molecule has 0 amide bonds. The molecule has 3 aromatic rings. The molecular formula is C28H27F2NO3. The highest BCUT2D eigenvalue weighted by molar-refractivity contribution is 6.26. The number of Topliss-reactive ketones (excluding diaryl/α,β-unsaturated/α-hetero) is 1. The zero-order chi connectivity index (χ0) is 25.0. The molecule has 4 nitrogen and oxygen atoms in total. The summed E-state index contributed by atoms with van der Waals surface area (Å²) in [6.07, 6.45) is 9.76. The molecule has 1 heterocycles. The summed E-state index contributed by atoms with van der Waals surface area (Å²) in [6, 6.07) is 6.84. The van der Waals surface area contributed by atoms with Crippen LogP contribution in [0.15, 0.2) is 54.6 Å². The maximum atomic E-state index is 14.5. The van der Waals surface area contributed by atoms with Crippen LogP contribution >= 0.6 is 0 Å². The highest BCUT2D eigenvalue weighted by Gasteiger charge is 2.28. The van der Waals surface area contributed by atoms with E-state index in [1.54, 1.807) is 18.2 Å². The van der Waals surface area contributed by atoms with E-state index in [9.17, 15) is 23.5 Å². The average Bonchev–Trinajstić information content (AvgIpc) is 3.09. The third-order valence-corrected chi connectivity index (χ3v) is 5.71. The number of aromatic carboxylic acids is 1. The number of fused-ring (bicyclic) bond motifs is 1. The van der Waals surface area contributed by atoms with Gasteiger partial charge in [-0.1, -0.05) is 49.4 Å². The highest BCUT2D eigenvalue weighted by Crippen LogP contribution is 2.37. The van der Waals surface area contributed by atoms with Crippen molar-refractivity contribution in [3.63, 3.8) is 0 Å². The lowest BCUT2D eigenvalue weighted by Crippen LogP contribution is -2.13. The number of nitrogens with zero attached hydrogens (tertiary/aromatic N) is 1. The molecule has 0 aliphatic heterocycles. The van der Waals surface area contributed by atoms with Gasteiger partial charge in [-0.2, -0.15) is 0 Å². The van der Waals surface area contributed by atoms with Crippen LogP contribution in [0, 0.1) is 18.6 Å². The largest absolute Gasteiger partial charge is 0.477 e. The Hall–Kier alpha value is -3.80. The van der Waals surface area contributed by atoms with E-state index in [1.165, 1.54) is 17.6 Å². The van der Waals surface area contributed by atoms with Gasteiger partial charge in [0.05, 0.1) is 6.54 Å². The number of aromatic nitrogens is 1. The second-order valence-electron chi connectivity index (χ2n) is 8.00. The summed E-state index contributed by atoms with van der Waals surface area (Å²) in [5.74, 6) is -3.01. The van der Waals surface area contributed by atoms with Crippen LogP contribution in [0.4, 0.5) is 8.78 Å². The summed E-state index contributed by atoms with van der Waals surface area (Å²) in [5, 5.41) is 10.9. The third kappa shape index (κ3) is 4.76. The van der Waals surface area contributed by atoms with Crippen LogP contribution in [0.5, 0.6) is 0 Å². The first-order valence-electron chi connectivity index (χ1n) is 11.0. The number of hydrogen-bond donors (Lipinski definition) is 1. The number of halogens is 2. The first-order chi connectivity index (χ1) is 16.2. The molecule has 0 atom stereocenters. The van der Waals surface area contributed by atoms with E-state index in [1.807, 2.05) is 45.1 Å². The number of rotatable bonds is 8. The van der Waals surface area contributed by atoms with Crippen molar-refractivity contribution in [2.75, 3.05) is 0 Å². The van der Waals surface area contributed by atoms with Gasteiger partial charge in [-0.25, -0.2) is 13.6 Å². The second kappa shape index (κ2) is 10.4. The first kappa shape index (κ1) is 24.8. The number of benzene rings is 2. The van der Waals surface area contributed by atoms with Crippen molar-refractivity contribution in [1.29, 1.82) is 0 Å². The Morgan fingerprint density at radius 3 is 2.47 bits per heavy atom. The highest BCUT2D eigenvalue weighted by atomic mass is 19.1. The van der Waals surface area contributed by atoms with Crippen LogP contribution in [0.1, 0.15) is 59.9 Å². The molecule has 0 bridgehead atoms. The monoisotopic (exact) mass is 463 g/mol. The molecule has 0 unspecified atom stereocenters. The van der Waals surface area contributed by atoms with Crippen LogP contribution in [0.2, 0.25) is 0 Å². The maximum Gasteiger partial charge on any atom is 0.353 e. The van der Waals surface area contributed by atoms with Crippen LogP contribution in [0.3, 0.4) is 0 Å². The molecule has 2 aromatic carbocycles.